The second-order valence-corrected chi connectivity index (χ2v) is 5.57. The minimum absolute atomic E-state index is 0. The molecule has 102 valence electrons. The molecule has 1 saturated carbocycles. The smallest absolute Gasteiger partial charge is 0.0465 e. The maximum Gasteiger partial charge on any atom is 0.0465 e. The molecule has 2 nitrogen and oxygen atoms in total. The topological polar surface area (TPSA) is 29.3 Å². The van der Waals surface area contributed by atoms with Crippen molar-refractivity contribution >= 4 is 35.6 Å². The zero-order chi connectivity index (χ0) is 12.4. The van der Waals surface area contributed by atoms with Crippen LogP contribution in [0.2, 0.25) is 10.0 Å². The van der Waals surface area contributed by atoms with E-state index in [2.05, 4.69) is 11.9 Å². The van der Waals surface area contributed by atoms with Crippen LogP contribution in [0.15, 0.2) is 18.2 Å². The maximum atomic E-state index is 6.17. The number of nitrogens with two attached hydrogens (primary N) is 1. The van der Waals surface area contributed by atoms with E-state index >= 15 is 0 Å². The summed E-state index contributed by atoms with van der Waals surface area (Å²) in [5.41, 5.74) is 6.83. The molecule has 1 aliphatic rings. The van der Waals surface area contributed by atoms with Crippen LogP contribution in [0, 0.1) is 5.92 Å². The number of nitrogens with zero attached hydrogens (tertiary/aromatic N) is 1. The van der Waals surface area contributed by atoms with E-state index in [1.165, 1.54) is 12.8 Å². The van der Waals surface area contributed by atoms with Gasteiger partial charge in [-0.05, 0) is 37.9 Å². The quantitative estimate of drug-likeness (QED) is 0.900. The van der Waals surface area contributed by atoms with Gasteiger partial charge in [-0.25, -0.2) is 0 Å². The normalized spacial score (nSPS) is 16.5. The summed E-state index contributed by atoms with van der Waals surface area (Å²) < 4.78 is 0. The molecule has 2 N–H and O–H groups in total. The summed E-state index contributed by atoms with van der Waals surface area (Å²) >= 11 is 12.3. The molecule has 0 aliphatic heterocycles. The summed E-state index contributed by atoms with van der Waals surface area (Å²) in [5, 5.41) is 1.46. The van der Waals surface area contributed by atoms with Crippen LogP contribution in [0.25, 0.3) is 0 Å². The van der Waals surface area contributed by atoms with Crippen LogP contribution < -0.4 is 5.73 Å². The van der Waals surface area contributed by atoms with Gasteiger partial charge in [-0.2, -0.15) is 0 Å². The third-order valence-electron chi connectivity index (χ3n) is 3.44. The van der Waals surface area contributed by atoms with Crippen LogP contribution in [-0.4, -0.2) is 24.5 Å². The summed E-state index contributed by atoms with van der Waals surface area (Å²) in [5.74, 6) is 0.756. The Morgan fingerprint density at radius 1 is 1.33 bits per heavy atom. The van der Waals surface area contributed by atoms with Gasteiger partial charge in [-0.15, -0.1) is 12.4 Å². The van der Waals surface area contributed by atoms with Gasteiger partial charge in [0.2, 0.25) is 0 Å². The van der Waals surface area contributed by atoms with E-state index in [0.29, 0.717) is 12.6 Å². The van der Waals surface area contributed by atoms with Crippen molar-refractivity contribution in [1.82, 2.24) is 4.90 Å². The number of halogens is 3. The minimum Gasteiger partial charge on any atom is -0.329 e. The van der Waals surface area contributed by atoms with Gasteiger partial charge >= 0.3 is 0 Å². The fourth-order valence-electron chi connectivity index (χ4n) is 2.26. The third kappa shape index (κ3) is 3.75. The fourth-order valence-corrected chi connectivity index (χ4v) is 2.78. The van der Waals surface area contributed by atoms with Crippen LogP contribution in [0.4, 0.5) is 0 Å². The van der Waals surface area contributed by atoms with Gasteiger partial charge in [0.1, 0.15) is 0 Å². The first-order valence-corrected chi connectivity index (χ1v) is 6.72. The highest BCUT2D eigenvalue weighted by Crippen LogP contribution is 2.35. The van der Waals surface area contributed by atoms with E-state index in [-0.39, 0.29) is 12.4 Å². The van der Waals surface area contributed by atoms with Crippen molar-refractivity contribution in [2.75, 3.05) is 13.6 Å². The molecule has 1 unspecified atom stereocenters. The van der Waals surface area contributed by atoms with Crippen molar-refractivity contribution in [3.05, 3.63) is 33.8 Å². The Balaban J connectivity index is 0.00000162. The van der Waals surface area contributed by atoms with Crippen molar-refractivity contribution in [3.8, 4) is 0 Å². The van der Waals surface area contributed by atoms with Gasteiger partial charge in [0, 0.05) is 34.7 Å². The molecule has 5 heteroatoms. The van der Waals surface area contributed by atoms with Gasteiger partial charge in [0.05, 0.1) is 0 Å². The zero-order valence-electron chi connectivity index (χ0n) is 10.4. The van der Waals surface area contributed by atoms with Crippen LogP contribution in [-0.2, 0) is 6.54 Å². The van der Waals surface area contributed by atoms with Crippen LogP contribution >= 0.6 is 35.6 Å². The molecule has 0 heterocycles. The zero-order valence-corrected chi connectivity index (χ0v) is 12.7. The van der Waals surface area contributed by atoms with Gasteiger partial charge in [0.25, 0.3) is 0 Å². The Bertz CT molecular complexity index is 374. The Morgan fingerprint density at radius 3 is 2.33 bits per heavy atom. The number of hydrogen-bond acceptors (Lipinski definition) is 2. The lowest BCUT2D eigenvalue weighted by atomic mass is 10.1. The lowest BCUT2D eigenvalue weighted by molar-refractivity contribution is 0.215. The molecule has 0 radical (unpaired) electrons. The monoisotopic (exact) mass is 308 g/mol. The summed E-state index contributed by atoms with van der Waals surface area (Å²) in [6.07, 6.45) is 2.59. The van der Waals surface area contributed by atoms with Gasteiger partial charge in [-0.1, -0.05) is 29.3 Å². The number of likely N-dealkylation sites (N-methyl/N-ethyl adjacent to an activating group) is 1. The average molecular weight is 310 g/mol. The van der Waals surface area contributed by atoms with Gasteiger partial charge < -0.3 is 5.73 Å². The van der Waals surface area contributed by atoms with E-state index in [9.17, 15) is 0 Å². The van der Waals surface area contributed by atoms with Crippen molar-refractivity contribution in [3.63, 3.8) is 0 Å². The predicted octanol–water partition coefficient (Wildman–Crippen LogP) is 3.58. The van der Waals surface area contributed by atoms with Crippen LogP contribution in [0.1, 0.15) is 18.4 Å². The summed E-state index contributed by atoms with van der Waals surface area (Å²) in [6, 6.07) is 6.08. The second kappa shape index (κ2) is 6.97. The first-order valence-electron chi connectivity index (χ1n) is 5.96. The molecular formula is C13H19Cl3N2. The van der Waals surface area contributed by atoms with E-state index < -0.39 is 0 Å². The molecule has 0 spiro atoms. The molecule has 1 aliphatic carbocycles. The molecule has 1 fully saturated rings. The Hall–Kier alpha value is 0.01000. The van der Waals surface area contributed by atoms with E-state index in [1.807, 2.05) is 18.2 Å². The lowest BCUT2D eigenvalue weighted by Crippen LogP contribution is -2.39. The van der Waals surface area contributed by atoms with Crippen LogP contribution in [0.5, 0.6) is 0 Å². The molecule has 0 bridgehead atoms. The van der Waals surface area contributed by atoms with E-state index in [4.69, 9.17) is 28.9 Å². The maximum absolute atomic E-state index is 6.17. The van der Waals surface area contributed by atoms with Crippen molar-refractivity contribution in [2.45, 2.75) is 25.4 Å². The third-order valence-corrected chi connectivity index (χ3v) is 4.15. The highest BCUT2D eigenvalue weighted by Gasteiger charge is 2.33. The molecular weight excluding hydrogens is 291 g/mol. The molecule has 0 saturated heterocycles. The van der Waals surface area contributed by atoms with E-state index in [1.54, 1.807) is 0 Å². The molecule has 18 heavy (non-hydrogen) atoms. The molecule has 1 aromatic rings. The Labute approximate surface area is 125 Å². The molecule has 1 atom stereocenters. The lowest BCUT2D eigenvalue weighted by Gasteiger charge is -2.27. The van der Waals surface area contributed by atoms with Gasteiger partial charge in [0.15, 0.2) is 0 Å². The number of benzene rings is 1. The number of hydrogen-bond donors (Lipinski definition) is 1. The predicted molar refractivity (Wildman–Crippen MR) is 80.7 cm³/mol. The largest absolute Gasteiger partial charge is 0.329 e. The molecule has 0 amide bonds. The SMILES string of the molecule is CN(Cc1c(Cl)cccc1Cl)C(CN)C1CC1.Cl. The first-order chi connectivity index (χ1) is 8.13. The highest BCUT2D eigenvalue weighted by molar-refractivity contribution is 6.35. The van der Waals surface area contributed by atoms with E-state index in [0.717, 1.165) is 28.1 Å². The fraction of sp³-hybridized carbons (Fsp3) is 0.538. The summed E-state index contributed by atoms with van der Waals surface area (Å²) in [6.45, 7) is 1.46. The van der Waals surface area contributed by atoms with Crippen molar-refractivity contribution in [1.29, 1.82) is 0 Å². The second-order valence-electron chi connectivity index (χ2n) is 4.76. The van der Waals surface area contributed by atoms with Crippen LogP contribution in [0.3, 0.4) is 0 Å². The summed E-state index contributed by atoms with van der Waals surface area (Å²) in [4.78, 5) is 2.27. The minimum atomic E-state index is 0. The Kier molecular flexibility index (Phi) is 6.22. The van der Waals surface area contributed by atoms with Crippen molar-refractivity contribution in [2.24, 2.45) is 11.7 Å². The molecule has 1 aromatic carbocycles. The average Bonchev–Trinajstić information content (AvgIpc) is 3.09. The van der Waals surface area contributed by atoms with Crippen molar-refractivity contribution < 1.29 is 0 Å². The highest BCUT2D eigenvalue weighted by atomic mass is 35.5. The molecule has 0 aromatic heterocycles. The molecule has 2 rings (SSSR count). The summed E-state index contributed by atoms with van der Waals surface area (Å²) in [7, 11) is 2.09. The Morgan fingerprint density at radius 2 is 1.89 bits per heavy atom. The standard InChI is InChI=1S/C13H18Cl2N2.ClH/c1-17(13(7-16)9-5-6-9)8-10-11(14)3-2-4-12(10)15;/h2-4,9,13H,5-8,16H2,1H3;1H. The van der Waals surface area contributed by atoms with Gasteiger partial charge in [-0.3, -0.25) is 4.90 Å². The first kappa shape index (κ1) is 16.1. The number of rotatable bonds is 5.